The molecule has 9 heteroatoms. The number of carbonyl (C=O) groups is 1. The van der Waals surface area contributed by atoms with E-state index in [1.54, 1.807) is 13.8 Å². The number of aromatic nitrogens is 1. The number of amides is 1. The molecule has 2 fully saturated rings. The van der Waals surface area contributed by atoms with Gasteiger partial charge in [-0.05, 0) is 13.8 Å². The van der Waals surface area contributed by atoms with E-state index in [0.29, 0.717) is 0 Å². The molecule has 0 spiro atoms. The molecule has 0 radical (unpaired) electrons. The number of nitrogens with zero attached hydrogens (tertiary/aromatic N) is 1. The normalized spacial score (nSPS) is 30.8. The van der Waals surface area contributed by atoms with Crippen molar-refractivity contribution >= 4 is 5.91 Å². The first-order valence-corrected chi connectivity index (χ1v) is 7.51. The van der Waals surface area contributed by atoms with Gasteiger partial charge >= 0.3 is 0 Å². The van der Waals surface area contributed by atoms with Crippen molar-refractivity contribution in [2.24, 2.45) is 0 Å². The standard InChI is InChI=1S/C15H20N2O7/c1-15(2)23-11-8(6-18)22-14(12(11)24-15)17-13(20)9-10(19)7(21-3)4-5-16-9/h4-5,8,11-12,14,18-19H,6H2,1-3H3,(H,17,20)/t8-,11?,12?,14?/m1/s1. The summed E-state index contributed by atoms with van der Waals surface area (Å²) in [7, 11) is 1.37. The van der Waals surface area contributed by atoms with Crippen LogP contribution in [0.3, 0.4) is 0 Å². The van der Waals surface area contributed by atoms with Gasteiger partial charge in [-0.1, -0.05) is 0 Å². The largest absolute Gasteiger partial charge is 0.503 e. The molecule has 24 heavy (non-hydrogen) atoms. The van der Waals surface area contributed by atoms with E-state index < -0.39 is 36.2 Å². The van der Waals surface area contributed by atoms with Gasteiger partial charge in [-0.15, -0.1) is 0 Å². The molecule has 0 saturated carbocycles. The third-order valence-electron chi connectivity index (χ3n) is 3.93. The Kier molecular flexibility index (Phi) is 4.35. The molecule has 2 aliphatic rings. The topological polar surface area (TPSA) is 119 Å². The molecule has 132 valence electrons. The number of hydrogen-bond donors (Lipinski definition) is 3. The number of ether oxygens (including phenoxy) is 4. The highest BCUT2D eigenvalue weighted by Crippen LogP contribution is 2.38. The Bertz CT molecular complexity index is 636. The van der Waals surface area contributed by atoms with Crippen LogP contribution in [0.4, 0.5) is 0 Å². The van der Waals surface area contributed by atoms with Crippen LogP contribution in [-0.4, -0.2) is 65.1 Å². The second-order valence-electron chi connectivity index (χ2n) is 6.03. The molecule has 1 aromatic rings. The van der Waals surface area contributed by atoms with Crippen molar-refractivity contribution in [3.8, 4) is 11.5 Å². The monoisotopic (exact) mass is 340 g/mol. The zero-order valence-electron chi connectivity index (χ0n) is 13.6. The van der Waals surface area contributed by atoms with Gasteiger partial charge in [0, 0.05) is 12.3 Å². The molecule has 2 saturated heterocycles. The minimum atomic E-state index is -0.841. The number of hydrogen-bond acceptors (Lipinski definition) is 8. The molecule has 2 aliphatic heterocycles. The van der Waals surface area contributed by atoms with Crippen molar-refractivity contribution in [2.45, 2.75) is 44.2 Å². The summed E-state index contributed by atoms with van der Waals surface area (Å²) in [5.74, 6) is -1.72. The number of fused-ring (bicyclic) bond motifs is 1. The fraction of sp³-hybridized carbons (Fsp3) is 0.600. The summed E-state index contributed by atoms with van der Waals surface area (Å²) in [6.45, 7) is 3.22. The molecular weight excluding hydrogens is 320 g/mol. The molecule has 9 nitrogen and oxygen atoms in total. The summed E-state index contributed by atoms with van der Waals surface area (Å²) in [4.78, 5) is 16.3. The second-order valence-corrected chi connectivity index (χ2v) is 6.03. The number of pyridine rings is 1. The molecule has 3 N–H and O–H groups in total. The molecule has 0 bridgehead atoms. The molecule has 4 atom stereocenters. The molecule has 3 rings (SSSR count). The zero-order chi connectivity index (χ0) is 17.5. The van der Waals surface area contributed by atoms with Gasteiger partial charge in [0.05, 0.1) is 13.7 Å². The van der Waals surface area contributed by atoms with Gasteiger partial charge < -0.3 is 34.5 Å². The highest BCUT2D eigenvalue weighted by atomic mass is 16.8. The lowest BCUT2D eigenvalue weighted by atomic mass is 10.1. The van der Waals surface area contributed by atoms with Crippen LogP contribution in [0, 0.1) is 0 Å². The first kappa shape index (κ1) is 16.9. The lowest BCUT2D eigenvalue weighted by Gasteiger charge is -2.24. The molecule has 0 aromatic carbocycles. The van der Waals surface area contributed by atoms with Crippen molar-refractivity contribution in [2.75, 3.05) is 13.7 Å². The maximum absolute atomic E-state index is 12.4. The highest BCUT2D eigenvalue weighted by molar-refractivity contribution is 5.95. The quantitative estimate of drug-likeness (QED) is 0.687. The Hall–Kier alpha value is -1.94. The molecule has 1 amide bonds. The summed E-state index contributed by atoms with van der Waals surface area (Å²) in [5, 5.41) is 22.0. The Balaban J connectivity index is 1.77. The Morgan fingerprint density at radius 3 is 2.79 bits per heavy atom. The van der Waals surface area contributed by atoms with Crippen molar-refractivity contribution in [1.82, 2.24) is 10.3 Å². The minimum Gasteiger partial charge on any atom is -0.503 e. The number of aliphatic hydroxyl groups excluding tert-OH is 1. The van der Waals surface area contributed by atoms with Crippen LogP contribution in [0.25, 0.3) is 0 Å². The lowest BCUT2D eigenvalue weighted by Crippen LogP contribution is -2.44. The summed E-state index contributed by atoms with van der Waals surface area (Å²) in [6.07, 6.45) is -1.18. The average Bonchev–Trinajstić information content (AvgIpc) is 3.01. The van der Waals surface area contributed by atoms with E-state index in [1.165, 1.54) is 19.4 Å². The van der Waals surface area contributed by atoms with Gasteiger partial charge in [-0.2, -0.15) is 0 Å². The number of rotatable bonds is 4. The van der Waals surface area contributed by atoms with E-state index in [1.807, 2.05) is 0 Å². The summed E-state index contributed by atoms with van der Waals surface area (Å²) in [5.41, 5.74) is -0.194. The van der Waals surface area contributed by atoms with E-state index >= 15 is 0 Å². The number of nitrogens with one attached hydrogen (secondary N) is 1. The van der Waals surface area contributed by atoms with E-state index in [0.717, 1.165) is 0 Å². The van der Waals surface area contributed by atoms with Crippen LogP contribution in [0.2, 0.25) is 0 Å². The van der Waals surface area contributed by atoms with Gasteiger partial charge in [0.1, 0.15) is 18.3 Å². The second kappa shape index (κ2) is 6.17. The van der Waals surface area contributed by atoms with Crippen molar-refractivity contribution < 1.29 is 34.0 Å². The van der Waals surface area contributed by atoms with Crippen LogP contribution in [-0.2, 0) is 14.2 Å². The molecule has 0 aliphatic carbocycles. The Morgan fingerprint density at radius 1 is 1.42 bits per heavy atom. The Labute approximate surface area is 138 Å². The van der Waals surface area contributed by atoms with Gasteiger partial charge in [0.15, 0.2) is 29.2 Å². The fourth-order valence-corrected chi connectivity index (χ4v) is 2.91. The zero-order valence-corrected chi connectivity index (χ0v) is 13.6. The van der Waals surface area contributed by atoms with E-state index in [4.69, 9.17) is 18.9 Å². The first-order valence-electron chi connectivity index (χ1n) is 7.51. The minimum absolute atomic E-state index is 0.134. The molecular formula is C15H20N2O7. The molecule has 3 heterocycles. The summed E-state index contributed by atoms with van der Waals surface area (Å²) < 4.78 is 22.0. The van der Waals surface area contributed by atoms with Crippen LogP contribution >= 0.6 is 0 Å². The van der Waals surface area contributed by atoms with Gasteiger partial charge in [0.2, 0.25) is 0 Å². The summed E-state index contributed by atoms with van der Waals surface area (Å²) >= 11 is 0. The smallest absolute Gasteiger partial charge is 0.275 e. The maximum atomic E-state index is 12.4. The van der Waals surface area contributed by atoms with Gasteiger partial charge in [0.25, 0.3) is 5.91 Å². The van der Waals surface area contributed by atoms with Gasteiger partial charge in [-0.25, -0.2) is 4.98 Å². The number of aliphatic hydroxyl groups is 1. The Morgan fingerprint density at radius 2 is 2.12 bits per heavy atom. The summed E-state index contributed by atoms with van der Waals surface area (Å²) in [6, 6.07) is 1.44. The molecule has 1 aromatic heterocycles. The van der Waals surface area contributed by atoms with Crippen molar-refractivity contribution in [3.63, 3.8) is 0 Å². The highest BCUT2D eigenvalue weighted by Gasteiger charge is 2.55. The predicted octanol–water partition coefficient (Wildman–Crippen LogP) is -0.237. The third kappa shape index (κ3) is 2.91. The van der Waals surface area contributed by atoms with Crippen LogP contribution < -0.4 is 10.1 Å². The van der Waals surface area contributed by atoms with Crippen LogP contribution in [0.15, 0.2) is 12.3 Å². The fourth-order valence-electron chi connectivity index (χ4n) is 2.91. The first-order chi connectivity index (χ1) is 11.4. The average molecular weight is 340 g/mol. The van der Waals surface area contributed by atoms with Crippen LogP contribution in [0.5, 0.6) is 11.5 Å². The SMILES string of the molecule is COc1ccnc(C(=O)NC2O[C@H](CO)C3OC(C)(C)OC23)c1O. The number of methoxy groups -OCH3 is 1. The lowest BCUT2D eigenvalue weighted by molar-refractivity contribution is -0.192. The van der Waals surface area contributed by atoms with Crippen molar-refractivity contribution in [3.05, 3.63) is 18.0 Å². The van der Waals surface area contributed by atoms with E-state index in [2.05, 4.69) is 10.3 Å². The predicted molar refractivity (Wildman–Crippen MR) is 79.5 cm³/mol. The van der Waals surface area contributed by atoms with E-state index in [9.17, 15) is 15.0 Å². The number of aromatic hydroxyl groups is 1. The third-order valence-corrected chi connectivity index (χ3v) is 3.93. The van der Waals surface area contributed by atoms with Crippen molar-refractivity contribution in [1.29, 1.82) is 0 Å². The maximum Gasteiger partial charge on any atom is 0.275 e. The van der Waals surface area contributed by atoms with E-state index in [-0.39, 0.29) is 23.8 Å². The molecule has 3 unspecified atom stereocenters. The van der Waals surface area contributed by atoms with Gasteiger partial charge in [-0.3, -0.25) is 4.79 Å². The number of carbonyl (C=O) groups excluding carboxylic acids is 1. The van der Waals surface area contributed by atoms with Crippen LogP contribution in [0.1, 0.15) is 24.3 Å².